The minimum absolute atomic E-state index is 0.0244. The molecule has 3 aromatic carbocycles. The van der Waals surface area contributed by atoms with Gasteiger partial charge in [0.25, 0.3) is 11.6 Å². The summed E-state index contributed by atoms with van der Waals surface area (Å²) in [5, 5.41) is 20.8. The highest BCUT2D eigenvalue weighted by atomic mass is 32.2. The average molecular weight is 482 g/mol. The van der Waals surface area contributed by atoms with Gasteiger partial charge in [-0.25, -0.2) is 4.99 Å². The average Bonchev–Trinajstić information content (AvgIpc) is 3.45. The molecular formula is C26H19N5O3S. The first-order valence-electron chi connectivity index (χ1n) is 10.7. The Labute approximate surface area is 204 Å². The Bertz CT molecular complexity index is 1530. The zero-order valence-corrected chi connectivity index (χ0v) is 19.2. The van der Waals surface area contributed by atoms with Crippen molar-refractivity contribution in [3.05, 3.63) is 106 Å². The first-order valence-corrected chi connectivity index (χ1v) is 11.5. The van der Waals surface area contributed by atoms with E-state index in [2.05, 4.69) is 16.8 Å². The van der Waals surface area contributed by atoms with Gasteiger partial charge in [-0.05, 0) is 29.3 Å². The van der Waals surface area contributed by atoms with Crippen LogP contribution in [0.25, 0.3) is 28.1 Å². The summed E-state index contributed by atoms with van der Waals surface area (Å²) >= 11 is 1.27. The number of nitrogens with zero attached hydrogens (tertiary/aromatic N) is 4. The van der Waals surface area contributed by atoms with Gasteiger partial charge in [-0.2, -0.15) is 5.10 Å². The van der Waals surface area contributed by atoms with E-state index in [-0.39, 0.29) is 11.6 Å². The van der Waals surface area contributed by atoms with Gasteiger partial charge >= 0.3 is 0 Å². The summed E-state index contributed by atoms with van der Waals surface area (Å²) in [6, 6.07) is 20.1. The fourth-order valence-electron chi connectivity index (χ4n) is 3.84. The van der Waals surface area contributed by atoms with Gasteiger partial charge in [-0.15, -0.1) is 6.58 Å². The second kappa shape index (κ2) is 9.40. The van der Waals surface area contributed by atoms with Crippen molar-refractivity contribution in [2.24, 2.45) is 4.99 Å². The van der Waals surface area contributed by atoms with Crippen molar-refractivity contribution in [1.82, 2.24) is 15.1 Å². The normalized spacial score (nSPS) is 15.9. The number of benzene rings is 3. The number of nitrogens with one attached hydrogen (secondary N) is 1. The standard InChI is InChI=1S/C26H19N5O3S/c1-2-13-30-25(32)23(35-26(30)28-22-12-6-8-17-7-3-4-11-21(17)22)15-19-16-27-29-24(19)18-9-5-10-20(14-18)31(33)34/h2-12,14-16H,1,13H2,(H,27,29)/b23-15-,28-26?. The minimum Gasteiger partial charge on any atom is -0.283 e. The molecule has 5 rings (SSSR count). The van der Waals surface area contributed by atoms with Gasteiger partial charge in [0.15, 0.2) is 5.17 Å². The van der Waals surface area contributed by atoms with E-state index in [1.807, 2.05) is 42.5 Å². The number of rotatable bonds is 6. The number of thioether (sulfide) groups is 1. The Kier molecular flexibility index (Phi) is 5.99. The molecule has 0 saturated carbocycles. The number of carbonyl (C=O) groups is 1. The SMILES string of the molecule is C=CCN1C(=O)/C(=C/c2cn[nH]c2-c2cccc([N+](=O)[O-])c2)SC1=Nc1cccc2ccccc12. The lowest BCUT2D eigenvalue weighted by Crippen LogP contribution is -2.29. The molecular weight excluding hydrogens is 462 g/mol. The van der Waals surface area contributed by atoms with E-state index in [4.69, 9.17) is 4.99 Å². The van der Waals surface area contributed by atoms with Crippen LogP contribution in [0.3, 0.4) is 0 Å². The zero-order valence-electron chi connectivity index (χ0n) is 18.4. The van der Waals surface area contributed by atoms with Crippen molar-refractivity contribution in [1.29, 1.82) is 0 Å². The Balaban J connectivity index is 1.54. The van der Waals surface area contributed by atoms with Crippen LogP contribution in [0.5, 0.6) is 0 Å². The van der Waals surface area contributed by atoms with E-state index in [0.717, 1.165) is 16.5 Å². The molecule has 1 aromatic heterocycles. The monoisotopic (exact) mass is 481 g/mol. The van der Waals surface area contributed by atoms with Crippen LogP contribution in [-0.4, -0.2) is 37.6 Å². The quantitative estimate of drug-likeness (QED) is 0.159. The van der Waals surface area contributed by atoms with Gasteiger partial charge in [-0.1, -0.05) is 54.6 Å². The Morgan fingerprint density at radius 1 is 1.14 bits per heavy atom. The van der Waals surface area contributed by atoms with Crippen molar-refractivity contribution >= 4 is 51.1 Å². The second-order valence-corrected chi connectivity index (χ2v) is 8.72. The molecule has 1 aliphatic heterocycles. The molecule has 0 bridgehead atoms. The number of carbonyl (C=O) groups excluding carboxylic acids is 1. The number of non-ortho nitro benzene ring substituents is 1. The molecule has 0 atom stereocenters. The van der Waals surface area contributed by atoms with E-state index in [1.54, 1.807) is 35.4 Å². The summed E-state index contributed by atoms with van der Waals surface area (Å²) in [4.78, 5) is 30.9. The van der Waals surface area contributed by atoms with Gasteiger partial charge in [0.2, 0.25) is 0 Å². The number of hydrogen-bond acceptors (Lipinski definition) is 6. The molecule has 1 amide bonds. The number of fused-ring (bicyclic) bond motifs is 1. The van der Waals surface area contributed by atoms with E-state index < -0.39 is 4.92 Å². The molecule has 0 radical (unpaired) electrons. The molecule has 9 heteroatoms. The highest BCUT2D eigenvalue weighted by molar-refractivity contribution is 8.18. The molecule has 1 N–H and O–H groups in total. The fraction of sp³-hybridized carbons (Fsp3) is 0.0385. The fourth-order valence-corrected chi connectivity index (χ4v) is 4.83. The predicted octanol–water partition coefficient (Wildman–Crippen LogP) is 5.93. The van der Waals surface area contributed by atoms with Crippen molar-refractivity contribution in [3.63, 3.8) is 0 Å². The molecule has 4 aromatic rings. The maximum absolute atomic E-state index is 13.3. The molecule has 1 aliphatic rings. The molecule has 35 heavy (non-hydrogen) atoms. The second-order valence-electron chi connectivity index (χ2n) is 7.72. The number of nitro groups is 1. The van der Waals surface area contributed by atoms with Crippen molar-refractivity contribution in [3.8, 4) is 11.3 Å². The number of amidine groups is 1. The maximum Gasteiger partial charge on any atom is 0.270 e. The molecule has 8 nitrogen and oxygen atoms in total. The van der Waals surface area contributed by atoms with Crippen molar-refractivity contribution in [2.45, 2.75) is 0 Å². The lowest BCUT2D eigenvalue weighted by Gasteiger charge is -2.13. The summed E-state index contributed by atoms with van der Waals surface area (Å²) in [7, 11) is 0. The summed E-state index contributed by atoms with van der Waals surface area (Å²) in [6.45, 7) is 4.09. The molecule has 0 spiro atoms. The summed E-state index contributed by atoms with van der Waals surface area (Å²) in [6.07, 6.45) is 4.98. The number of aliphatic imine (C=N–C) groups is 1. The van der Waals surface area contributed by atoms with Gasteiger partial charge in [-0.3, -0.25) is 24.9 Å². The topological polar surface area (TPSA) is 104 Å². The third kappa shape index (κ3) is 4.36. The van der Waals surface area contributed by atoms with Crippen LogP contribution in [0, 0.1) is 10.1 Å². The van der Waals surface area contributed by atoms with Crippen LogP contribution in [0.1, 0.15) is 5.56 Å². The van der Waals surface area contributed by atoms with E-state index >= 15 is 0 Å². The molecule has 0 unspecified atom stereocenters. The number of aromatic amines is 1. The van der Waals surface area contributed by atoms with E-state index in [9.17, 15) is 14.9 Å². The zero-order chi connectivity index (χ0) is 24.4. The maximum atomic E-state index is 13.3. The minimum atomic E-state index is -0.447. The number of aromatic nitrogens is 2. The molecule has 1 fully saturated rings. The lowest BCUT2D eigenvalue weighted by atomic mass is 10.1. The van der Waals surface area contributed by atoms with Crippen molar-refractivity contribution < 1.29 is 9.72 Å². The number of nitro benzene ring substituents is 1. The van der Waals surface area contributed by atoms with Crippen LogP contribution < -0.4 is 0 Å². The molecule has 1 saturated heterocycles. The van der Waals surface area contributed by atoms with Crippen LogP contribution in [-0.2, 0) is 4.79 Å². The summed E-state index contributed by atoms with van der Waals surface area (Å²) < 4.78 is 0. The van der Waals surface area contributed by atoms with Gasteiger partial charge < -0.3 is 0 Å². The predicted molar refractivity (Wildman–Crippen MR) is 139 cm³/mol. The van der Waals surface area contributed by atoms with Crippen LogP contribution in [0.4, 0.5) is 11.4 Å². The number of hydrogen-bond donors (Lipinski definition) is 1. The summed E-state index contributed by atoms with van der Waals surface area (Å²) in [5.74, 6) is -0.194. The van der Waals surface area contributed by atoms with E-state index in [1.165, 1.54) is 23.9 Å². The third-order valence-corrected chi connectivity index (χ3v) is 6.49. The molecule has 2 heterocycles. The first-order chi connectivity index (χ1) is 17.0. The van der Waals surface area contributed by atoms with Crippen LogP contribution in [0.2, 0.25) is 0 Å². The molecule has 172 valence electrons. The number of amides is 1. The van der Waals surface area contributed by atoms with Crippen LogP contribution in [0.15, 0.2) is 95.5 Å². The van der Waals surface area contributed by atoms with Gasteiger partial charge in [0, 0.05) is 35.2 Å². The highest BCUT2D eigenvalue weighted by Gasteiger charge is 2.33. The van der Waals surface area contributed by atoms with Crippen LogP contribution >= 0.6 is 11.8 Å². The smallest absolute Gasteiger partial charge is 0.270 e. The Morgan fingerprint density at radius 3 is 2.77 bits per heavy atom. The van der Waals surface area contributed by atoms with Gasteiger partial charge in [0.1, 0.15) is 0 Å². The number of H-pyrrole nitrogens is 1. The third-order valence-electron chi connectivity index (χ3n) is 5.48. The van der Waals surface area contributed by atoms with Gasteiger partial charge in [0.05, 0.1) is 27.4 Å². The largest absolute Gasteiger partial charge is 0.283 e. The summed E-state index contributed by atoms with van der Waals surface area (Å²) in [5.41, 5.74) is 2.58. The van der Waals surface area contributed by atoms with Crippen molar-refractivity contribution in [2.75, 3.05) is 6.54 Å². The van der Waals surface area contributed by atoms with E-state index in [0.29, 0.717) is 33.4 Å². The Hall–Kier alpha value is -4.50. The highest BCUT2D eigenvalue weighted by Crippen LogP contribution is 2.37. The Morgan fingerprint density at radius 2 is 1.94 bits per heavy atom. The lowest BCUT2D eigenvalue weighted by molar-refractivity contribution is -0.384. The first kappa shape index (κ1) is 22.3. The molecule has 0 aliphatic carbocycles.